The maximum Gasteiger partial charge on any atom is 0.257 e. The van der Waals surface area contributed by atoms with Gasteiger partial charge in [0, 0.05) is 18.4 Å². The average molecular weight is 285 g/mol. The van der Waals surface area contributed by atoms with Gasteiger partial charge in [0.15, 0.2) is 0 Å². The first-order valence-corrected chi connectivity index (χ1v) is 6.88. The number of benzene rings is 1. The van der Waals surface area contributed by atoms with Crippen LogP contribution in [0.15, 0.2) is 42.7 Å². The molecule has 21 heavy (non-hydrogen) atoms. The van der Waals surface area contributed by atoms with Crippen LogP contribution in [0, 0.1) is 0 Å². The first kappa shape index (κ1) is 14.8. The maximum atomic E-state index is 12.3. The lowest BCUT2D eigenvalue weighted by atomic mass is 10.2. The minimum absolute atomic E-state index is 0.166. The predicted octanol–water partition coefficient (Wildman–Crippen LogP) is 3.16. The van der Waals surface area contributed by atoms with E-state index in [9.17, 15) is 4.79 Å². The number of carbonyl (C=O) groups excluding carboxylic acids is 1. The Morgan fingerprint density at radius 1 is 1.24 bits per heavy atom. The summed E-state index contributed by atoms with van der Waals surface area (Å²) in [5, 5.41) is 6.07. The Hall–Kier alpha value is -2.56. The first-order valence-electron chi connectivity index (χ1n) is 6.88. The predicted molar refractivity (Wildman–Crippen MR) is 84.0 cm³/mol. The van der Waals surface area contributed by atoms with Gasteiger partial charge in [-0.1, -0.05) is 6.92 Å². The van der Waals surface area contributed by atoms with E-state index in [1.54, 1.807) is 49.8 Å². The lowest BCUT2D eigenvalue weighted by Gasteiger charge is -2.11. The molecule has 1 heterocycles. The molecular formula is C16H19N3O2. The highest BCUT2D eigenvalue weighted by molar-refractivity contribution is 6.07. The molecule has 0 radical (unpaired) electrons. The highest BCUT2D eigenvalue weighted by Gasteiger charge is 2.11. The van der Waals surface area contributed by atoms with Crippen LogP contribution in [0.25, 0.3) is 0 Å². The van der Waals surface area contributed by atoms with E-state index in [1.165, 1.54) is 0 Å². The van der Waals surface area contributed by atoms with Crippen LogP contribution in [0.5, 0.6) is 5.75 Å². The van der Waals surface area contributed by atoms with E-state index in [1.807, 2.05) is 0 Å². The zero-order valence-corrected chi connectivity index (χ0v) is 12.2. The zero-order valence-electron chi connectivity index (χ0n) is 12.2. The van der Waals surface area contributed by atoms with Crippen molar-refractivity contribution in [1.82, 2.24) is 4.98 Å². The van der Waals surface area contributed by atoms with Crippen molar-refractivity contribution < 1.29 is 9.53 Å². The van der Waals surface area contributed by atoms with E-state index in [0.29, 0.717) is 5.56 Å². The summed E-state index contributed by atoms with van der Waals surface area (Å²) in [6.07, 6.45) is 4.26. The SMILES string of the molecule is CCCNc1cnccc1C(=O)Nc1ccc(OC)cc1. The van der Waals surface area contributed by atoms with Crippen molar-refractivity contribution in [2.45, 2.75) is 13.3 Å². The summed E-state index contributed by atoms with van der Waals surface area (Å²) in [6.45, 7) is 2.87. The van der Waals surface area contributed by atoms with E-state index >= 15 is 0 Å². The van der Waals surface area contributed by atoms with Gasteiger partial charge in [0.1, 0.15) is 5.75 Å². The monoisotopic (exact) mass is 285 g/mol. The Bertz CT molecular complexity index is 597. The lowest BCUT2D eigenvalue weighted by Crippen LogP contribution is -2.15. The van der Waals surface area contributed by atoms with Crippen LogP contribution in [0.4, 0.5) is 11.4 Å². The van der Waals surface area contributed by atoms with Crippen LogP contribution in [-0.4, -0.2) is 24.5 Å². The van der Waals surface area contributed by atoms with E-state index in [0.717, 1.165) is 30.1 Å². The fraction of sp³-hybridized carbons (Fsp3) is 0.250. The van der Waals surface area contributed by atoms with Gasteiger partial charge in [0.05, 0.1) is 24.6 Å². The summed E-state index contributed by atoms with van der Waals surface area (Å²) in [6, 6.07) is 8.92. The number of hydrogen-bond donors (Lipinski definition) is 2. The fourth-order valence-corrected chi connectivity index (χ4v) is 1.87. The topological polar surface area (TPSA) is 63.2 Å². The third-order valence-electron chi connectivity index (χ3n) is 2.98. The van der Waals surface area contributed by atoms with Gasteiger partial charge in [0.25, 0.3) is 5.91 Å². The number of pyridine rings is 1. The summed E-state index contributed by atoms with van der Waals surface area (Å²) in [5.41, 5.74) is 2.04. The second-order valence-electron chi connectivity index (χ2n) is 4.53. The molecule has 0 aliphatic carbocycles. The molecule has 2 N–H and O–H groups in total. The summed E-state index contributed by atoms with van der Waals surface area (Å²) in [7, 11) is 1.61. The van der Waals surface area contributed by atoms with Crippen LogP contribution in [0.1, 0.15) is 23.7 Å². The summed E-state index contributed by atoms with van der Waals surface area (Å²) >= 11 is 0. The highest BCUT2D eigenvalue weighted by Crippen LogP contribution is 2.18. The minimum Gasteiger partial charge on any atom is -0.497 e. The van der Waals surface area contributed by atoms with E-state index in [-0.39, 0.29) is 5.91 Å². The van der Waals surface area contributed by atoms with Crippen LogP contribution in [0.2, 0.25) is 0 Å². The Kier molecular flexibility index (Phi) is 5.15. The molecule has 110 valence electrons. The van der Waals surface area contributed by atoms with E-state index < -0.39 is 0 Å². The molecule has 2 aromatic rings. The van der Waals surface area contributed by atoms with Gasteiger partial charge in [-0.25, -0.2) is 0 Å². The van der Waals surface area contributed by atoms with Crippen molar-refractivity contribution in [1.29, 1.82) is 0 Å². The number of nitrogens with zero attached hydrogens (tertiary/aromatic N) is 1. The first-order chi connectivity index (χ1) is 10.2. The number of anilines is 2. The molecule has 5 heteroatoms. The molecule has 0 spiro atoms. The molecule has 0 saturated carbocycles. The van der Waals surface area contributed by atoms with Gasteiger partial charge in [-0.05, 0) is 36.8 Å². The largest absolute Gasteiger partial charge is 0.497 e. The molecule has 1 amide bonds. The summed E-state index contributed by atoms with van der Waals surface area (Å²) in [4.78, 5) is 16.4. The molecule has 1 aromatic heterocycles. The molecule has 0 unspecified atom stereocenters. The molecule has 0 saturated heterocycles. The number of amides is 1. The van der Waals surface area contributed by atoms with Crippen molar-refractivity contribution in [3.05, 3.63) is 48.3 Å². The van der Waals surface area contributed by atoms with Crippen molar-refractivity contribution in [3.63, 3.8) is 0 Å². The number of carbonyl (C=O) groups is 1. The molecule has 0 fully saturated rings. The van der Waals surface area contributed by atoms with Gasteiger partial charge in [-0.3, -0.25) is 9.78 Å². The summed E-state index contributed by atoms with van der Waals surface area (Å²) < 4.78 is 5.09. The molecule has 0 aliphatic heterocycles. The average Bonchev–Trinajstić information content (AvgIpc) is 2.54. The van der Waals surface area contributed by atoms with Crippen molar-refractivity contribution >= 4 is 17.3 Å². The van der Waals surface area contributed by atoms with Crippen LogP contribution >= 0.6 is 0 Å². The third-order valence-corrected chi connectivity index (χ3v) is 2.98. The zero-order chi connectivity index (χ0) is 15.1. The van der Waals surface area contributed by atoms with Crippen molar-refractivity contribution in [2.24, 2.45) is 0 Å². The van der Waals surface area contributed by atoms with Gasteiger partial charge < -0.3 is 15.4 Å². The Morgan fingerprint density at radius 3 is 2.67 bits per heavy atom. The van der Waals surface area contributed by atoms with E-state index in [2.05, 4.69) is 22.5 Å². The van der Waals surface area contributed by atoms with Gasteiger partial charge >= 0.3 is 0 Å². The van der Waals surface area contributed by atoms with E-state index in [4.69, 9.17) is 4.74 Å². The number of nitrogens with one attached hydrogen (secondary N) is 2. The normalized spacial score (nSPS) is 10.0. The second kappa shape index (κ2) is 7.28. The highest BCUT2D eigenvalue weighted by atomic mass is 16.5. The van der Waals surface area contributed by atoms with Gasteiger partial charge in [0.2, 0.25) is 0 Å². The Balaban J connectivity index is 2.12. The Morgan fingerprint density at radius 2 is 2.00 bits per heavy atom. The number of rotatable bonds is 6. The standard InChI is InChI=1S/C16H19N3O2/c1-3-9-18-15-11-17-10-8-14(15)16(20)19-12-4-6-13(21-2)7-5-12/h4-8,10-11,18H,3,9H2,1-2H3,(H,19,20). The van der Waals surface area contributed by atoms with Crippen molar-refractivity contribution in [2.75, 3.05) is 24.3 Å². The molecule has 0 bridgehead atoms. The smallest absolute Gasteiger partial charge is 0.257 e. The number of ether oxygens (including phenoxy) is 1. The summed E-state index contributed by atoms with van der Waals surface area (Å²) in [5.74, 6) is 0.586. The van der Waals surface area contributed by atoms with Crippen LogP contribution in [-0.2, 0) is 0 Å². The number of aromatic nitrogens is 1. The molecule has 2 rings (SSSR count). The lowest BCUT2D eigenvalue weighted by molar-refractivity contribution is 0.102. The molecule has 0 aliphatic rings. The molecule has 1 aromatic carbocycles. The minimum atomic E-state index is -0.166. The van der Waals surface area contributed by atoms with Gasteiger partial charge in [-0.15, -0.1) is 0 Å². The quantitative estimate of drug-likeness (QED) is 0.855. The maximum absolute atomic E-state index is 12.3. The fourth-order valence-electron chi connectivity index (χ4n) is 1.87. The number of methoxy groups -OCH3 is 1. The Labute approximate surface area is 124 Å². The van der Waals surface area contributed by atoms with Crippen LogP contribution < -0.4 is 15.4 Å². The third kappa shape index (κ3) is 3.95. The van der Waals surface area contributed by atoms with Crippen LogP contribution in [0.3, 0.4) is 0 Å². The molecular weight excluding hydrogens is 266 g/mol. The molecule has 0 atom stereocenters. The number of hydrogen-bond acceptors (Lipinski definition) is 4. The van der Waals surface area contributed by atoms with Crippen molar-refractivity contribution in [3.8, 4) is 5.75 Å². The molecule has 5 nitrogen and oxygen atoms in total. The second-order valence-corrected chi connectivity index (χ2v) is 4.53. The van der Waals surface area contributed by atoms with Gasteiger partial charge in [-0.2, -0.15) is 0 Å².